The van der Waals surface area contributed by atoms with Crippen LogP contribution in [0, 0.1) is 0 Å². The molecule has 0 bridgehead atoms. The first-order valence-corrected chi connectivity index (χ1v) is 5.53. The van der Waals surface area contributed by atoms with Crippen molar-refractivity contribution < 1.29 is 9.84 Å². The van der Waals surface area contributed by atoms with Gasteiger partial charge in [0.25, 0.3) is 0 Å². The van der Waals surface area contributed by atoms with Crippen LogP contribution in [0.1, 0.15) is 25.6 Å². The van der Waals surface area contributed by atoms with E-state index < -0.39 is 6.10 Å². The van der Waals surface area contributed by atoms with Crippen LogP contribution in [0.25, 0.3) is 0 Å². The topological polar surface area (TPSA) is 59.3 Å². The molecule has 0 spiro atoms. The molecule has 0 amide bonds. The van der Waals surface area contributed by atoms with Crippen LogP contribution in [0.5, 0.6) is 0 Å². The second-order valence-electron chi connectivity index (χ2n) is 4.13. The minimum absolute atomic E-state index is 0.358. The third kappa shape index (κ3) is 3.92. The monoisotopic (exact) mass is 227 g/mol. The van der Waals surface area contributed by atoms with Crippen molar-refractivity contribution in [1.82, 2.24) is 14.9 Å². The molecule has 5 heteroatoms. The van der Waals surface area contributed by atoms with E-state index in [-0.39, 0.29) is 0 Å². The third-order valence-electron chi connectivity index (χ3n) is 2.35. The summed E-state index contributed by atoms with van der Waals surface area (Å²) in [6.45, 7) is 5.82. The SMILES string of the molecule is COCC(O)CNCc1cncn1C(C)C. The lowest BCUT2D eigenvalue weighted by Gasteiger charge is -2.14. The van der Waals surface area contributed by atoms with Crippen LogP contribution in [0.4, 0.5) is 0 Å². The molecule has 92 valence electrons. The van der Waals surface area contributed by atoms with Gasteiger partial charge in [-0.15, -0.1) is 0 Å². The van der Waals surface area contributed by atoms with E-state index in [1.165, 1.54) is 0 Å². The van der Waals surface area contributed by atoms with E-state index in [4.69, 9.17) is 4.74 Å². The van der Waals surface area contributed by atoms with Crippen molar-refractivity contribution in [2.75, 3.05) is 20.3 Å². The number of imidazole rings is 1. The van der Waals surface area contributed by atoms with Gasteiger partial charge in [0.2, 0.25) is 0 Å². The minimum Gasteiger partial charge on any atom is -0.389 e. The number of aliphatic hydroxyl groups excluding tert-OH is 1. The van der Waals surface area contributed by atoms with Gasteiger partial charge in [0.1, 0.15) is 0 Å². The summed E-state index contributed by atoms with van der Waals surface area (Å²) in [4.78, 5) is 4.11. The molecule has 0 aliphatic carbocycles. The molecule has 1 aromatic heterocycles. The van der Waals surface area contributed by atoms with E-state index >= 15 is 0 Å². The average molecular weight is 227 g/mol. The Morgan fingerprint density at radius 2 is 2.31 bits per heavy atom. The zero-order chi connectivity index (χ0) is 12.0. The Kier molecular flexibility index (Phi) is 5.45. The van der Waals surface area contributed by atoms with Crippen molar-refractivity contribution in [3.05, 3.63) is 18.2 Å². The molecule has 0 aliphatic rings. The lowest BCUT2D eigenvalue weighted by Crippen LogP contribution is -2.30. The summed E-state index contributed by atoms with van der Waals surface area (Å²) < 4.78 is 6.95. The van der Waals surface area contributed by atoms with Gasteiger partial charge >= 0.3 is 0 Å². The molecule has 5 nitrogen and oxygen atoms in total. The molecule has 1 rings (SSSR count). The highest BCUT2D eigenvalue weighted by atomic mass is 16.5. The van der Waals surface area contributed by atoms with Gasteiger partial charge in [0.15, 0.2) is 0 Å². The summed E-state index contributed by atoms with van der Waals surface area (Å²) in [6, 6.07) is 0.406. The summed E-state index contributed by atoms with van der Waals surface area (Å²) in [7, 11) is 1.58. The smallest absolute Gasteiger partial charge is 0.0951 e. The molecule has 0 aromatic carbocycles. The summed E-state index contributed by atoms with van der Waals surface area (Å²) in [5.41, 5.74) is 1.12. The fourth-order valence-corrected chi connectivity index (χ4v) is 1.55. The number of ether oxygens (including phenoxy) is 1. The number of hydrogen-bond acceptors (Lipinski definition) is 4. The molecule has 1 heterocycles. The zero-order valence-corrected chi connectivity index (χ0v) is 10.2. The van der Waals surface area contributed by atoms with Gasteiger partial charge in [-0.25, -0.2) is 4.98 Å². The Morgan fingerprint density at radius 1 is 1.56 bits per heavy atom. The molecule has 0 aliphatic heterocycles. The van der Waals surface area contributed by atoms with E-state index in [0.717, 1.165) is 5.69 Å². The predicted molar refractivity (Wildman–Crippen MR) is 62.2 cm³/mol. The summed E-state index contributed by atoms with van der Waals surface area (Å²) >= 11 is 0. The standard InChI is InChI=1S/C11H21N3O2/c1-9(2)14-8-13-5-10(14)4-12-6-11(15)7-16-3/h5,8-9,11-12,15H,4,6-7H2,1-3H3. The van der Waals surface area contributed by atoms with Crippen molar-refractivity contribution in [3.63, 3.8) is 0 Å². The molecular weight excluding hydrogens is 206 g/mol. The fourth-order valence-electron chi connectivity index (χ4n) is 1.55. The molecule has 1 aromatic rings. The molecule has 0 fully saturated rings. The number of nitrogens with zero attached hydrogens (tertiary/aromatic N) is 2. The van der Waals surface area contributed by atoms with Gasteiger partial charge < -0.3 is 19.7 Å². The van der Waals surface area contributed by atoms with Crippen LogP contribution in [-0.2, 0) is 11.3 Å². The number of methoxy groups -OCH3 is 1. The van der Waals surface area contributed by atoms with Crippen molar-refractivity contribution in [3.8, 4) is 0 Å². The van der Waals surface area contributed by atoms with Crippen LogP contribution >= 0.6 is 0 Å². The Morgan fingerprint density at radius 3 is 2.94 bits per heavy atom. The first-order chi connectivity index (χ1) is 7.65. The minimum atomic E-state index is -0.458. The van der Waals surface area contributed by atoms with E-state index in [9.17, 15) is 5.11 Å². The highest BCUT2D eigenvalue weighted by Crippen LogP contribution is 2.08. The van der Waals surface area contributed by atoms with Crippen LogP contribution in [0.15, 0.2) is 12.5 Å². The van der Waals surface area contributed by atoms with Crippen molar-refractivity contribution in [2.45, 2.75) is 32.5 Å². The molecule has 0 saturated carbocycles. The molecule has 1 atom stereocenters. The first-order valence-electron chi connectivity index (χ1n) is 5.53. The van der Waals surface area contributed by atoms with E-state index in [0.29, 0.717) is 25.7 Å². The average Bonchev–Trinajstić information content (AvgIpc) is 2.66. The maximum absolute atomic E-state index is 9.45. The van der Waals surface area contributed by atoms with Gasteiger partial charge in [-0.3, -0.25) is 0 Å². The van der Waals surface area contributed by atoms with Crippen LogP contribution in [-0.4, -0.2) is 41.0 Å². The molecule has 16 heavy (non-hydrogen) atoms. The van der Waals surface area contributed by atoms with Crippen molar-refractivity contribution >= 4 is 0 Å². The van der Waals surface area contributed by atoms with Gasteiger partial charge in [-0.2, -0.15) is 0 Å². The first kappa shape index (κ1) is 13.2. The quantitative estimate of drug-likeness (QED) is 0.714. The highest BCUT2D eigenvalue weighted by molar-refractivity contribution is 4.99. The Labute approximate surface area is 96.4 Å². The van der Waals surface area contributed by atoms with Crippen LogP contribution < -0.4 is 5.32 Å². The summed E-state index contributed by atoms with van der Waals surface area (Å²) in [5.74, 6) is 0. The van der Waals surface area contributed by atoms with Crippen LogP contribution in [0.2, 0.25) is 0 Å². The Bertz CT molecular complexity index is 299. The summed E-state index contributed by atoms with van der Waals surface area (Å²) in [5, 5.41) is 12.6. The molecule has 1 unspecified atom stereocenters. The van der Waals surface area contributed by atoms with E-state index in [1.807, 2.05) is 12.5 Å². The molecular formula is C11H21N3O2. The van der Waals surface area contributed by atoms with Crippen LogP contribution in [0.3, 0.4) is 0 Å². The number of rotatable bonds is 7. The highest BCUT2D eigenvalue weighted by Gasteiger charge is 2.06. The van der Waals surface area contributed by atoms with E-state index in [2.05, 4.69) is 28.7 Å². The third-order valence-corrected chi connectivity index (χ3v) is 2.35. The zero-order valence-electron chi connectivity index (χ0n) is 10.2. The van der Waals surface area contributed by atoms with Crippen molar-refractivity contribution in [2.24, 2.45) is 0 Å². The number of aliphatic hydroxyl groups is 1. The predicted octanol–water partition coefficient (Wildman–Crippen LogP) is 0.561. The van der Waals surface area contributed by atoms with Gasteiger partial charge in [0, 0.05) is 32.4 Å². The normalized spacial score (nSPS) is 13.3. The number of aromatic nitrogens is 2. The Balaban J connectivity index is 2.34. The maximum Gasteiger partial charge on any atom is 0.0951 e. The Hall–Kier alpha value is -0.910. The molecule has 2 N–H and O–H groups in total. The van der Waals surface area contributed by atoms with Gasteiger partial charge in [0.05, 0.1) is 24.7 Å². The molecule has 0 saturated heterocycles. The summed E-state index contributed by atoms with van der Waals surface area (Å²) in [6.07, 6.45) is 3.21. The maximum atomic E-state index is 9.45. The van der Waals surface area contributed by atoms with E-state index in [1.54, 1.807) is 7.11 Å². The second-order valence-corrected chi connectivity index (χ2v) is 4.13. The lowest BCUT2D eigenvalue weighted by atomic mass is 10.3. The van der Waals surface area contributed by atoms with Gasteiger partial charge in [-0.05, 0) is 13.8 Å². The fraction of sp³-hybridized carbons (Fsp3) is 0.727. The second kappa shape index (κ2) is 6.62. The number of nitrogens with one attached hydrogen (secondary N) is 1. The lowest BCUT2D eigenvalue weighted by molar-refractivity contribution is 0.0643. The molecule has 0 radical (unpaired) electrons. The number of hydrogen-bond donors (Lipinski definition) is 2. The largest absolute Gasteiger partial charge is 0.389 e. The van der Waals surface area contributed by atoms with Crippen molar-refractivity contribution in [1.29, 1.82) is 0 Å². The van der Waals surface area contributed by atoms with Gasteiger partial charge in [-0.1, -0.05) is 0 Å².